The van der Waals surface area contributed by atoms with Crippen LogP contribution in [0, 0.1) is 0 Å². The standard InChI is InChI=1S/C24H34O4S.K/c1-2-3-4-5-6-7-8-9-10-12-15-21-18-19-23(24(20-21)29(25,26)27)28-22-16-13-11-14-17-22;/h11,13-14,16-20H,2-10,12,15H2,1H3,(H,25,26,27);/q;+1/p-1. The molecule has 30 heavy (non-hydrogen) atoms. The number of hydrogen-bond acceptors (Lipinski definition) is 4. The average Bonchev–Trinajstić information content (AvgIpc) is 2.70. The summed E-state index contributed by atoms with van der Waals surface area (Å²) in [5.74, 6) is 0.581. The summed E-state index contributed by atoms with van der Waals surface area (Å²) in [6.07, 6.45) is 13.3. The predicted octanol–water partition coefficient (Wildman–Crippen LogP) is 3.85. The quantitative estimate of drug-likeness (QED) is 0.246. The molecule has 2 aromatic carbocycles. The molecule has 0 aromatic heterocycles. The average molecular weight is 457 g/mol. The van der Waals surface area contributed by atoms with Gasteiger partial charge in [0.1, 0.15) is 21.6 Å². The first-order valence-corrected chi connectivity index (χ1v) is 12.2. The number of unbranched alkanes of at least 4 members (excludes halogenated alkanes) is 9. The van der Waals surface area contributed by atoms with Crippen molar-refractivity contribution in [3.05, 3.63) is 54.1 Å². The monoisotopic (exact) mass is 456 g/mol. The molecule has 0 atom stereocenters. The second-order valence-corrected chi connectivity index (χ2v) is 8.93. The second-order valence-electron chi connectivity index (χ2n) is 7.58. The molecule has 0 saturated heterocycles. The van der Waals surface area contributed by atoms with Crippen LogP contribution in [-0.2, 0) is 16.5 Å². The molecule has 160 valence electrons. The molecule has 0 aliphatic heterocycles. The second kappa shape index (κ2) is 15.6. The predicted molar refractivity (Wildman–Crippen MR) is 116 cm³/mol. The Morgan fingerprint density at radius 3 is 1.93 bits per heavy atom. The van der Waals surface area contributed by atoms with Crippen LogP contribution in [0.15, 0.2) is 53.4 Å². The summed E-state index contributed by atoms with van der Waals surface area (Å²) in [7, 11) is -4.60. The minimum atomic E-state index is -4.60. The Morgan fingerprint density at radius 2 is 1.37 bits per heavy atom. The number of ether oxygens (including phenoxy) is 1. The molecule has 0 fully saturated rings. The van der Waals surface area contributed by atoms with Crippen molar-refractivity contribution in [1.29, 1.82) is 0 Å². The molecule has 0 amide bonds. The van der Waals surface area contributed by atoms with Gasteiger partial charge in [-0.25, -0.2) is 8.42 Å². The third-order valence-electron chi connectivity index (χ3n) is 5.07. The van der Waals surface area contributed by atoms with Crippen molar-refractivity contribution in [2.24, 2.45) is 0 Å². The van der Waals surface area contributed by atoms with E-state index in [0.29, 0.717) is 5.75 Å². The molecule has 6 heteroatoms. The Hall–Kier alpha value is -0.214. The van der Waals surface area contributed by atoms with Gasteiger partial charge < -0.3 is 9.29 Å². The minimum absolute atomic E-state index is 0. The first-order chi connectivity index (χ1) is 14.0. The molecule has 0 heterocycles. The van der Waals surface area contributed by atoms with E-state index in [1.807, 2.05) is 12.1 Å². The van der Waals surface area contributed by atoms with Gasteiger partial charge in [-0.1, -0.05) is 89.0 Å². The molecule has 0 aliphatic rings. The van der Waals surface area contributed by atoms with Gasteiger partial charge in [0.25, 0.3) is 0 Å². The fraction of sp³-hybridized carbons (Fsp3) is 0.500. The van der Waals surface area contributed by atoms with Crippen LogP contribution in [0.25, 0.3) is 0 Å². The van der Waals surface area contributed by atoms with E-state index in [9.17, 15) is 13.0 Å². The number of rotatable bonds is 14. The van der Waals surface area contributed by atoms with E-state index >= 15 is 0 Å². The first-order valence-electron chi connectivity index (χ1n) is 10.8. The van der Waals surface area contributed by atoms with E-state index in [4.69, 9.17) is 4.74 Å². The Morgan fingerprint density at radius 1 is 0.800 bits per heavy atom. The fourth-order valence-corrected chi connectivity index (χ4v) is 4.07. The molecular weight excluding hydrogens is 423 g/mol. The van der Waals surface area contributed by atoms with Crippen molar-refractivity contribution in [3.63, 3.8) is 0 Å². The zero-order valence-electron chi connectivity index (χ0n) is 18.4. The van der Waals surface area contributed by atoms with E-state index in [0.717, 1.165) is 24.8 Å². The summed E-state index contributed by atoms with van der Waals surface area (Å²) >= 11 is 0. The van der Waals surface area contributed by atoms with Gasteiger partial charge in [-0.15, -0.1) is 0 Å². The molecule has 4 nitrogen and oxygen atoms in total. The van der Waals surface area contributed by atoms with Gasteiger partial charge in [0.2, 0.25) is 0 Å². The summed E-state index contributed by atoms with van der Waals surface area (Å²) in [5, 5.41) is 0. The van der Waals surface area contributed by atoms with Crippen molar-refractivity contribution >= 4 is 10.1 Å². The first kappa shape index (κ1) is 27.8. The van der Waals surface area contributed by atoms with Crippen LogP contribution >= 0.6 is 0 Å². The van der Waals surface area contributed by atoms with Gasteiger partial charge in [-0.3, -0.25) is 0 Å². The van der Waals surface area contributed by atoms with Gasteiger partial charge in [0, 0.05) is 0 Å². The van der Waals surface area contributed by atoms with E-state index in [1.165, 1.54) is 57.4 Å². The van der Waals surface area contributed by atoms with E-state index in [-0.39, 0.29) is 62.0 Å². The van der Waals surface area contributed by atoms with Crippen molar-refractivity contribution in [3.8, 4) is 11.5 Å². The van der Waals surface area contributed by atoms with Gasteiger partial charge in [-0.05, 0) is 42.7 Å². The summed E-state index contributed by atoms with van der Waals surface area (Å²) < 4.78 is 40.7. The Bertz CT molecular complexity index is 822. The number of aryl methyl sites for hydroxylation is 1. The minimum Gasteiger partial charge on any atom is -0.744 e. The topological polar surface area (TPSA) is 66.4 Å². The van der Waals surface area contributed by atoms with Crippen LogP contribution in [0.4, 0.5) is 0 Å². The maximum atomic E-state index is 11.7. The maximum absolute atomic E-state index is 11.7. The Kier molecular flexibility index (Phi) is 14.4. The maximum Gasteiger partial charge on any atom is 1.00 e. The molecule has 0 saturated carbocycles. The summed E-state index contributed by atoms with van der Waals surface area (Å²) in [5.41, 5.74) is 0.861. The normalized spacial score (nSPS) is 11.1. The van der Waals surface area contributed by atoms with Crippen molar-refractivity contribution < 1.29 is 69.1 Å². The van der Waals surface area contributed by atoms with Crippen molar-refractivity contribution in [1.82, 2.24) is 0 Å². The summed E-state index contributed by atoms with van der Waals surface area (Å²) in [4.78, 5) is -0.286. The van der Waals surface area contributed by atoms with Crippen molar-refractivity contribution in [2.75, 3.05) is 0 Å². The van der Waals surface area contributed by atoms with Crippen molar-refractivity contribution in [2.45, 2.75) is 82.4 Å². The third kappa shape index (κ3) is 10.9. The van der Waals surface area contributed by atoms with E-state index < -0.39 is 10.1 Å². The van der Waals surface area contributed by atoms with Gasteiger partial charge in [-0.2, -0.15) is 0 Å². The fourth-order valence-electron chi connectivity index (χ4n) is 3.42. The van der Waals surface area contributed by atoms with Gasteiger partial charge in [0.05, 0.1) is 4.90 Å². The van der Waals surface area contributed by atoms with E-state index in [2.05, 4.69) is 6.92 Å². The van der Waals surface area contributed by atoms with Crippen LogP contribution in [0.2, 0.25) is 0 Å². The molecule has 0 unspecified atom stereocenters. The number of hydrogen-bond donors (Lipinski definition) is 0. The number of benzene rings is 2. The van der Waals surface area contributed by atoms with Crippen LogP contribution < -0.4 is 56.1 Å². The van der Waals surface area contributed by atoms with E-state index in [1.54, 1.807) is 30.3 Å². The Balaban J connectivity index is 0.00000450. The van der Waals surface area contributed by atoms with Crippen LogP contribution in [0.3, 0.4) is 0 Å². The molecule has 2 aromatic rings. The molecule has 0 spiro atoms. The summed E-state index contributed by atoms with van der Waals surface area (Å²) in [6.45, 7) is 2.24. The van der Waals surface area contributed by atoms with Crippen LogP contribution in [-0.4, -0.2) is 13.0 Å². The molecule has 0 N–H and O–H groups in total. The molecule has 0 aliphatic carbocycles. The summed E-state index contributed by atoms with van der Waals surface area (Å²) in [6, 6.07) is 13.8. The zero-order valence-corrected chi connectivity index (χ0v) is 22.4. The third-order valence-corrected chi connectivity index (χ3v) is 5.93. The van der Waals surface area contributed by atoms with Crippen LogP contribution in [0.5, 0.6) is 11.5 Å². The number of para-hydroxylation sites is 1. The largest absolute Gasteiger partial charge is 1.00 e. The van der Waals surface area contributed by atoms with Gasteiger partial charge in [0.15, 0.2) is 0 Å². The Labute approximate surface area is 225 Å². The molecule has 2 rings (SSSR count). The SMILES string of the molecule is CCCCCCCCCCCCc1ccc(Oc2ccccc2)c(S(=O)(=O)[O-])c1.[K+]. The zero-order chi connectivity index (χ0) is 21.0. The molecular formula is C24H33KO4S. The smallest absolute Gasteiger partial charge is 0.744 e. The molecule has 0 bridgehead atoms. The molecule has 0 radical (unpaired) electrons. The van der Waals surface area contributed by atoms with Crippen LogP contribution in [0.1, 0.15) is 76.7 Å². The van der Waals surface area contributed by atoms with Gasteiger partial charge >= 0.3 is 51.4 Å².